The van der Waals surface area contributed by atoms with E-state index in [0.29, 0.717) is 37.7 Å². The smallest absolute Gasteiger partial charge is 0.381 e. The van der Waals surface area contributed by atoms with E-state index in [0.717, 1.165) is 12.1 Å². The SMILES string of the molecule is CC(C)COCCCNC(=O)NCc1ccc(C(F)(F)F)cc1. The van der Waals surface area contributed by atoms with Crippen molar-refractivity contribution >= 4 is 6.03 Å². The van der Waals surface area contributed by atoms with E-state index in [9.17, 15) is 18.0 Å². The topological polar surface area (TPSA) is 50.4 Å². The van der Waals surface area contributed by atoms with Crippen LogP contribution in [0.5, 0.6) is 0 Å². The first kappa shape index (κ1) is 19.3. The predicted molar refractivity (Wildman–Crippen MR) is 82.0 cm³/mol. The third-order valence-corrected chi connectivity index (χ3v) is 2.94. The van der Waals surface area contributed by atoms with Crippen molar-refractivity contribution in [1.29, 1.82) is 0 Å². The summed E-state index contributed by atoms with van der Waals surface area (Å²) in [5, 5.41) is 5.26. The average Bonchev–Trinajstić information content (AvgIpc) is 2.48. The maximum Gasteiger partial charge on any atom is 0.416 e. The van der Waals surface area contributed by atoms with Crippen molar-refractivity contribution in [2.45, 2.75) is 33.0 Å². The highest BCUT2D eigenvalue weighted by Gasteiger charge is 2.29. The molecule has 1 aromatic carbocycles. The molecule has 2 amide bonds. The van der Waals surface area contributed by atoms with Crippen molar-refractivity contribution in [2.75, 3.05) is 19.8 Å². The molecule has 0 spiro atoms. The van der Waals surface area contributed by atoms with Gasteiger partial charge in [-0.1, -0.05) is 26.0 Å². The molecule has 7 heteroatoms. The number of ether oxygens (including phenoxy) is 1. The van der Waals surface area contributed by atoms with Gasteiger partial charge in [-0.2, -0.15) is 13.2 Å². The fraction of sp³-hybridized carbons (Fsp3) is 0.562. The molecule has 0 aromatic heterocycles. The van der Waals surface area contributed by atoms with Gasteiger partial charge in [0.2, 0.25) is 0 Å². The Morgan fingerprint density at radius 3 is 2.39 bits per heavy atom. The van der Waals surface area contributed by atoms with Gasteiger partial charge in [-0.3, -0.25) is 0 Å². The van der Waals surface area contributed by atoms with Crippen LogP contribution in [0.15, 0.2) is 24.3 Å². The molecule has 0 atom stereocenters. The highest BCUT2D eigenvalue weighted by atomic mass is 19.4. The van der Waals surface area contributed by atoms with Crippen LogP contribution in [0, 0.1) is 5.92 Å². The van der Waals surface area contributed by atoms with Gasteiger partial charge in [-0.15, -0.1) is 0 Å². The minimum absolute atomic E-state index is 0.174. The van der Waals surface area contributed by atoms with Gasteiger partial charge in [-0.05, 0) is 30.0 Å². The Labute approximate surface area is 134 Å². The van der Waals surface area contributed by atoms with Crippen LogP contribution in [0.2, 0.25) is 0 Å². The van der Waals surface area contributed by atoms with Crippen molar-refractivity contribution in [1.82, 2.24) is 10.6 Å². The number of halogens is 3. The van der Waals surface area contributed by atoms with Gasteiger partial charge in [-0.25, -0.2) is 4.79 Å². The van der Waals surface area contributed by atoms with E-state index in [1.807, 2.05) is 0 Å². The van der Waals surface area contributed by atoms with Crippen molar-refractivity contribution in [2.24, 2.45) is 5.92 Å². The number of carbonyl (C=O) groups excluding carboxylic acids is 1. The summed E-state index contributed by atoms with van der Waals surface area (Å²) in [4.78, 5) is 11.5. The fourth-order valence-corrected chi connectivity index (χ4v) is 1.75. The molecular formula is C16H23F3N2O2. The van der Waals surface area contributed by atoms with E-state index >= 15 is 0 Å². The van der Waals surface area contributed by atoms with Crippen LogP contribution in [0.4, 0.5) is 18.0 Å². The minimum Gasteiger partial charge on any atom is -0.381 e. The van der Waals surface area contributed by atoms with E-state index in [1.54, 1.807) is 0 Å². The largest absolute Gasteiger partial charge is 0.416 e. The number of urea groups is 1. The molecule has 0 aliphatic carbocycles. The Morgan fingerprint density at radius 2 is 1.83 bits per heavy atom. The number of hydrogen-bond donors (Lipinski definition) is 2. The first-order valence-corrected chi connectivity index (χ1v) is 7.54. The summed E-state index contributed by atoms with van der Waals surface area (Å²) in [7, 11) is 0. The highest BCUT2D eigenvalue weighted by molar-refractivity contribution is 5.73. The van der Waals surface area contributed by atoms with Crippen LogP contribution >= 0.6 is 0 Å². The van der Waals surface area contributed by atoms with E-state index in [1.165, 1.54) is 12.1 Å². The second kappa shape index (κ2) is 9.39. The Bertz CT molecular complexity index is 473. The monoisotopic (exact) mass is 332 g/mol. The molecule has 23 heavy (non-hydrogen) atoms. The molecule has 2 N–H and O–H groups in total. The number of nitrogens with one attached hydrogen (secondary N) is 2. The molecule has 0 aliphatic rings. The first-order chi connectivity index (χ1) is 10.8. The Hall–Kier alpha value is -1.76. The van der Waals surface area contributed by atoms with Gasteiger partial charge in [0, 0.05) is 26.3 Å². The Morgan fingerprint density at radius 1 is 1.17 bits per heavy atom. The summed E-state index contributed by atoms with van der Waals surface area (Å²) in [6.07, 6.45) is -3.64. The van der Waals surface area contributed by atoms with Crippen LogP contribution in [0.3, 0.4) is 0 Å². The lowest BCUT2D eigenvalue weighted by molar-refractivity contribution is -0.137. The molecule has 4 nitrogen and oxygen atoms in total. The number of carbonyl (C=O) groups is 1. The number of benzene rings is 1. The molecular weight excluding hydrogens is 309 g/mol. The second-order valence-electron chi connectivity index (χ2n) is 5.63. The molecule has 0 saturated heterocycles. The molecule has 0 radical (unpaired) electrons. The summed E-state index contributed by atoms with van der Waals surface area (Å²) in [6.45, 7) is 6.06. The molecule has 0 fully saturated rings. The van der Waals surface area contributed by atoms with Crippen LogP contribution < -0.4 is 10.6 Å². The standard InChI is InChI=1S/C16H23F3N2O2/c1-12(2)11-23-9-3-8-20-15(22)21-10-13-4-6-14(7-5-13)16(17,18)19/h4-7,12H,3,8-11H2,1-2H3,(H2,20,21,22). The maximum atomic E-state index is 12.4. The summed E-state index contributed by atoms with van der Waals surface area (Å²) in [6, 6.07) is 4.35. The molecule has 0 aliphatic heterocycles. The molecule has 1 aromatic rings. The lowest BCUT2D eigenvalue weighted by Crippen LogP contribution is -2.35. The van der Waals surface area contributed by atoms with Crippen molar-refractivity contribution < 1.29 is 22.7 Å². The molecule has 1 rings (SSSR count). The van der Waals surface area contributed by atoms with Crippen LogP contribution in [-0.4, -0.2) is 25.8 Å². The molecule has 0 bridgehead atoms. The van der Waals surface area contributed by atoms with E-state index in [2.05, 4.69) is 24.5 Å². The molecule has 130 valence electrons. The third-order valence-electron chi connectivity index (χ3n) is 2.94. The van der Waals surface area contributed by atoms with Crippen molar-refractivity contribution in [3.05, 3.63) is 35.4 Å². The predicted octanol–water partition coefficient (Wildman–Crippen LogP) is 3.57. The maximum absolute atomic E-state index is 12.4. The highest BCUT2D eigenvalue weighted by Crippen LogP contribution is 2.28. The van der Waals surface area contributed by atoms with Gasteiger partial charge >= 0.3 is 12.2 Å². The van der Waals surface area contributed by atoms with E-state index in [4.69, 9.17) is 4.74 Å². The van der Waals surface area contributed by atoms with Gasteiger partial charge in [0.05, 0.1) is 5.56 Å². The minimum atomic E-state index is -4.35. The van der Waals surface area contributed by atoms with Crippen molar-refractivity contribution in [3.8, 4) is 0 Å². The summed E-state index contributed by atoms with van der Waals surface area (Å²) >= 11 is 0. The zero-order valence-electron chi connectivity index (χ0n) is 13.4. The van der Waals surface area contributed by atoms with E-state index < -0.39 is 11.7 Å². The van der Waals surface area contributed by atoms with Gasteiger partial charge in [0.25, 0.3) is 0 Å². The zero-order valence-corrected chi connectivity index (χ0v) is 13.4. The number of amides is 2. The van der Waals surface area contributed by atoms with Gasteiger partial charge in [0.1, 0.15) is 0 Å². The quantitative estimate of drug-likeness (QED) is 0.715. The summed E-state index contributed by atoms with van der Waals surface area (Å²) < 4.78 is 42.6. The lowest BCUT2D eigenvalue weighted by atomic mass is 10.1. The zero-order chi connectivity index (χ0) is 17.3. The Kier molecular flexibility index (Phi) is 7.88. The number of hydrogen-bond acceptors (Lipinski definition) is 2. The Balaban J connectivity index is 2.18. The third kappa shape index (κ3) is 8.44. The van der Waals surface area contributed by atoms with Crippen LogP contribution in [-0.2, 0) is 17.5 Å². The van der Waals surface area contributed by atoms with Gasteiger partial charge < -0.3 is 15.4 Å². The summed E-state index contributed by atoms with van der Waals surface area (Å²) in [5.74, 6) is 0.481. The number of rotatable bonds is 8. The number of alkyl halides is 3. The first-order valence-electron chi connectivity index (χ1n) is 7.54. The van der Waals surface area contributed by atoms with Crippen LogP contribution in [0.25, 0.3) is 0 Å². The fourth-order valence-electron chi connectivity index (χ4n) is 1.75. The average molecular weight is 332 g/mol. The van der Waals surface area contributed by atoms with Crippen molar-refractivity contribution in [3.63, 3.8) is 0 Å². The van der Waals surface area contributed by atoms with E-state index in [-0.39, 0.29) is 12.6 Å². The molecule has 0 heterocycles. The molecule has 0 saturated carbocycles. The second-order valence-corrected chi connectivity index (χ2v) is 5.63. The van der Waals surface area contributed by atoms with Crippen LogP contribution in [0.1, 0.15) is 31.4 Å². The molecule has 0 unspecified atom stereocenters. The lowest BCUT2D eigenvalue weighted by Gasteiger charge is -2.10. The summed E-state index contributed by atoms with van der Waals surface area (Å²) in [5.41, 5.74) is -0.0967. The normalized spacial score (nSPS) is 11.6. The van der Waals surface area contributed by atoms with Gasteiger partial charge in [0.15, 0.2) is 0 Å².